The van der Waals surface area contributed by atoms with E-state index in [1.54, 1.807) is 12.3 Å². The highest BCUT2D eigenvalue weighted by molar-refractivity contribution is 5.89. The van der Waals surface area contributed by atoms with Crippen LogP contribution in [0.5, 0.6) is 0 Å². The molecular weight excluding hydrogens is 268 g/mol. The zero-order chi connectivity index (χ0) is 15.2. The number of hydrogen-bond donors (Lipinski definition) is 2. The van der Waals surface area contributed by atoms with E-state index in [-0.39, 0.29) is 18.7 Å². The first-order chi connectivity index (χ1) is 10.1. The maximum atomic E-state index is 12.2. The van der Waals surface area contributed by atoms with Crippen LogP contribution in [0.4, 0.5) is 10.5 Å². The monoisotopic (exact) mass is 292 g/mol. The third kappa shape index (κ3) is 4.15. The zero-order valence-electron chi connectivity index (χ0n) is 12.7. The SMILES string of the molecule is CCC(CO)N1CCN(C(=O)Nc2ccnc(C)c2)CC1. The molecule has 0 spiro atoms. The molecular formula is C15H24N4O2. The molecule has 0 radical (unpaired) electrons. The second-order valence-electron chi connectivity index (χ2n) is 5.38. The highest BCUT2D eigenvalue weighted by atomic mass is 16.3. The number of aryl methyl sites for hydroxylation is 1. The normalized spacial score (nSPS) is 17.6. The molecule has 2 rings (SSSR count). The Morgan fingerprint density at radius 2 is 2.14 bits per heavy atom. The first-order valence-corrected chi connectivity index (χ1v) is 7.47. The molecule has 116 valence electrons. The van der Waals surface area contributed by atoms with Crippen molar-refractivity contribution < 1.29 is 9.90 Å². The quantitative estimate of drug-likeness (QED) is 0.878. The van der Waals surface area contributed by atoms with E-state index in [0.717, 1.165) is 30.9 Å². The van der Waals surface area contributed by atoms with Crippen LogP contribution in [-0.2, 0) is 0 Å². The number of nitrogens with zero attached hydrogens (tertiary/aromatic N) is 3. The molecule has 1 aliphatic rings. The van der Waals surface area contributed by atoms with Gasteiger partial charge >= 0.3 is 6.03 Å². The van der Waals surface area contributed by atoms with Gasteiger partial charge in [0.05, 0.1) is 6.61 Å². The molecule has 0 bridgehead atoms. The van der Waals surface area contributed by atoms with Crippen molar-refractivity contribution in [2.45, 2.75) is 26.3 Å². The van der Waals surface area contributed by atoms with Gasteiger partial charge in [0.2, 0.25) is 0 Å². The van der Waals surface area contributed by atoms with Crippen molar-refractivity contribution in [2.24, 2.45) is 0 Å². The molecule has 2 amide bonds. The smallest absolute Gasteiger partial charge is 0.321 e. The predicted molar refractivity (Wildman–Crippen MR) is 82.3 cm³/mol. The summed E-state index contributed by atoms with van der Waals surface area (Å²) in [6.45, 7) is 7.14. The van der Waals surface area contributed by atoms with Crippen LogP contribution in [0.2, 0.25) is 0 Å². The fraction of sp³-hybridized carbons (Fsp3) is 0.600. The minimum Gasteiger partial charge on any atom is -0.395 e. The maximum Gasteiger partial charge on any atom is 0.321 e. The number of rotatable bonds is 4. The van der Waals surface area contributed by atoms with E-state index in [2.05, 4.69) is 22.1 Å². The summed E-state index contributed by atoms with van der Waals surface area (Å²) in [5, 5.41) is 12.2. The summed E-state index contributed by atoms with van der Waals surface area (Å²) in [6, 6.07) is 3.78. The van der Waals surface area contributed by atoms with Crippen LogP contribution in [0.3, 0.4) is 0 Å². The number of hydrogen-bond acceptors (Lipinski definition) is 4. The van der Waals surface area contributed by atoms with Crippen molar-refractivity contribution >= 4 is 11.7 Å². The van der Waals surface area contributed by atoms with Crippen LogP contribution < -0.4 is 5.32 Å². The lowest BCUT2D eigenvalue weighted by atomic mass is 10.2. The number of amides is 2. The van der Waals surface area contributed by atoms with Gasteiger partial charge in [-0.15, -0.1) is 0 Å². The van der Waals surface area contributed by atoms with Crippen molar-refractivity contribution in [3.05, 3.63) is 24.0 Å². The van der Waals surface area contributed by atoms with E-state index in [1.165, 1.54) is 0 Å². The second kappa shape index (κ2) is 7.38. The highest BCUT2D eigenvalue weighted by Crippen LogP contribution is 2.12. The van der Waals surface area contributed by atoms with Crippen LogP contribution in [0.1, 0.15) is 19.0 Å². The summed E-state index contributed by atoms with van der Waals surface area (Å²) in [5.74, 6) is 0. The fourth-order valence-electron chi connectivity index (χ4n) is 2.62. The lowest BCUT2D eigenvalue weighted by molar-refractivity contribution is 0.0766. The maximum absolute atomic E-state index is 12.2. The van der Waals surface area contributed by atoms with Gasteiger partial charge in [0.25, 0.3) is 0 Å². The van der Waals surface area contributed by atoms with Gasteiger partial charge in [0.15, 0.2) is 0 Å². The average molecular weight is 292 g/mol. The lowest BCUT2D eigenvalue weighted by Gasteiger charge is -2.38. The topological polar surface area (TPSA) is 68.7 Å². The predicted octanol–water partition coefficient (Wildman–Crippen LogP) is 1.31. The van der Waals surface area contributed by atoms with Crippen molar-refractivity contribution in [3.8, 4) is 0 Å². The molecule has 21 heavy (non-hydrogen) atoms. The van der Waals surface area contributed by atoms with E-state index < -0.39 is 0 Å². The number of aromatic nitrogens is 1. The third-order valence-corrected chi connectivity index (χ3v) is 3.95. The Balaban J connectivity index is 1.86. The Morgan fingerprint density at radius 1 is 1.43 bits per heavy atom. The summed E-state index contributed by atoms with van der Waals surface area (Å²) in [5.41, 5.74) is 1.66. The van der Waals surface area contributed by atoms with Crippen molar-refractivity contribution in [3.63, 3.8) is 0 Å². The van der Waals surface area contributed by atoms with Crippen LogP contribution in [-0.4, -0.2) is 64.7 Å². The number of aliphatic hydroxyl groups is 1. The average Bonchev–Trinajstić information content (AvgIpc) is 2.49. The molecule has 1 fully saturated rings. The Bertz CT molecular complexity index is 468. The number of anilines is 1. The Hall–Kier alpha value is -1.66. The Morgan fingerprint density at radius 3 is 2.71 bits per heavy atom. The number of carbonyl (C=O) groups excluding carboxylic acids is 1. The van der Waals surface area contributed by atoms with Crippen molar-refractivity contribution in [1.82, 2.24) is 14.8 Å². The molecule has 1 saturated heterocycles. The van der Waals surface area contributed by atoms with Crippen molar-refractivity contribution in [1.29, 1.82) is 0 Å². The van der Waals surface area contributed by atoms with E-state index in [1.807, 2.05) is 17.9 Å². The summed E-state index contributed by atoms with van der Waals surface area (Å²) >= 11 is 0. The van der Waals surface area contributed by atoms with Gasteiger partial charge in [0.1, 0.15) is 0 Å². The molecule has 0 aliphatic carbocycles. The van der Waals surface area contributed by atoms with E-state index in [0.29, 0.717) is 13.1 Å². The fourth-order valence-corrected chi connectivity index (χ4v) is 2.62. The minimum atomic E-state index is -0.0719. The molecule has 1 aromatic rings. The second-order valence-corrected chi connectivity index (χ2v) is 5.38. The molecule has 0 aromatic carbocycles. The summed E-state index contributed by atoms with van der Waals surface area (Å²) in [7, 11) is 0. The van der Waals surface area contributed by atoms with Gasteiger partial charge in [-0.25, -0.2) is 4.79 Å². The van der Waals surface area contributed by atoms with Crippen molar-refractivity contribution in [2.75, 3.05) is 38.1 Å². The van der Waals surface area contributed by atoms with Gasteiger partial charge < -0.3 is 15.3 Å². The number of urea groups is 1. The van der Waals surface area contributed by atoms with Gasteiger partial charge in [-0.2, -0.15) is 0 Å². The number of pyridine rings is 1. The molecule has 0 saturated carbocycles. The van der Waals surface area contributed by atoms with E-state index >= 15 is 0 Å². The summed E-state index contributed by atoms with van der Waals surface area (Å²) in [6.07, 6.45) is 2.62. The standard InChI is InChI=1S/C15H24N4O2/c1-3-14(11-20)18-6-8-19(9-7-18)15(21)17-13-4-5-16-12(2)10-13/h4-5,10,14,20H,3,6-9,11H2,1-2H3,(H,16,17,21). The lowest BCUT2D eigenvalue weighted by Crippen LogP contribution is -2.53. The first kappa shape index (κ1) is 15.7. The minimum absolute atomic E-state index is 0.0719. The number of aliphatic hydroxyl groups excluding tert-OH is 1. The highest BCUT2D eigenvalue weighted by Gasteiger charge is 2.24. The Labute approximate surface area is 125 Å². The van der Waals surface area contributed by atoms with Gasteiger partial charge in [-0.3, -0.25) is 9.88 Å². The summed E-state index contributed by atoms with van der Waals surface area (Å²) < 4.78 is 0. The molecule has 1 aliphatic heterocycles. The van der Waals surface area contributed by atoms with E-state index in [9.17, 15) is 9.90 Å². The molecule has 2 N–H and O–H groups in total. The number of piperazine rings is 1. The number of carbonyl (C=O) groups is 1. The molecule has 1 aromatic heterocycles. The summed E-state index contributed by atoms with van der Waals surface area (Å²) in [4.78, 5) is 20.4. The molecule has 2 heterocycles. The van der Waals surface area contributed by atoms with Crippen LogP contribution >= 0.6 is 0 Å². The van der Waals surface area contributed by atoms with Gasteiger partial charge in [0, 0.05) is 49.8 Å². The van der Waals surface area contributed by atoms with Gasteiger partial charge in [-0.1, -0.05) is 6.92 Å². The number of nitrogens with one attached hydrogen (secondary N) is 1. The molecule has 1 atom stereocenters. The van der Waals surface area contributed by atoms with Crippen LogP contribution in [0.15, 0.2) is 18.3 Å². The van der Waals surface area contributed by atoms with Crippen LogP contribution in [0, 0.1) is 6.92 Å². The first-order valence-electron chi connectivity index (χ1n) is 7.47. The molecule has 6 nitrogen and oxygen atoms in total. The zero-order valence-corrected chi connectivity index (χ0v) is 12.7. The van der Waals surface area contributed by atoms with Crippen LogP contribution in [0.25, 0.3) is 0 Å². The Kier molecular flexibility index (Phi) is 5.52. The van der Waals surface area contributed by atoms with E-state index in [4.69, 9.17) is 0 Å². The molecule has 1 unspecified atom stereocenters. The largest absolute Gasteiger partial charge is 0.395 e. The van der Waals surface area contributed by atoms with Gasteiger partial charge in [-0.05, 0) is 25.5 Å². The third-order valence-electron chi connectivity index (χ3n) is 3.95. The molecule has 6 heteroatoms.